The predicted octanol–water partition coefficient (Wildman–Crippen LogP) is 4.15. The van der Waals surface area contributed by atoms with Gasteiger partial charge in [0.25, 0.3) is 11.8 Å². The molecule has 2 heterocycles. The number of para-hydroxylation sites is 1. The molecule has 1 aliphatic rings. The Hall–Kier alpha value is -3.80. The first kappa shape index (κ1) is 20.5. The van der Waals surface area contributed by atoms with Gasteiger partial charge in [0.15, 0.2) is 0 Å². The largest absolute Gasteiger partial charge is 0.465 e. The first-order chi connectivity index (χ1) is 15.2. The lowest BCUT2D eigenvalue weighted by atomic mass is 10.0. The summed E-state index contributed by atoms with van der Waals surface area (Å²) in [5, 5.41) is 6.30. The third-order valence-electron chi connectivity index (χ3n) is 5.27. The van der Waals surface area contributed by atoms with Crippen LogP contribution in [-0.2, 0) is 4.79 Å². The van der Waals surface area contributed by atoms with Gasteiger partial charge in [-0.1, -0.05) is 36.4 Å². The van der Waals surface area contributed by atoms with E-state index in [0.717, 1.165) is 18.5 Å². The van der Waals surface area contributed by atoms with E-state index in [1.54, 1.807) is 47.4 Å². The summed E-state index contributed by atoms with van der Waals surface area (Å²) in [6, 6.07) is 22.7. The molecule has 0 spiro atoms. The molecule has 0 bridgehead atoms. The minimum absolute atomic E-state index is 0.207. The van der Waals surface area contributed by atoms with E-state index in [4.69, 9.17) is 4.42 Å². The smallest absolute Gasteiger partial charge is 0.270 e. The minimum atomic E-state index is -0.326. The molecule has 0 unspecified atom stereocenters. The number of hydrogen-bond acceptors (Lipinski definition) is 4. The first-order valence-corrected chi connectivity index (χ1v) is 10.4. The van der Waals surface area contributed by atoms with Crippen molar-refractivity contribution in [3.63, 3.8) is 0 Å². The Morgan fingerprint density at radius 3 is 2.23 bits per heavy atom. The average Bonchev–Trinajstić information content (AvgIpc) is 3.33. The third kappa shape index (κ3) is 5.42. The van der Waals surface area contributed by atoms with Crippen molar-refractivity contribution in [3.05, 3.63) is 96.1 Å². The lowest BCUT2D eigenvalue weighted by molar-refractivity contribution is -0.128. The van der Waals surface area contributed by atoms with Crippen LogP contribution in [0.2, 0.25) is 0 Å². The average molecular weight is 415 g/mol. The van der Waals surface area contributed by atoms with Gasteiger partial charge in [-0.2, -0.15) is 0 Å². The van der Waals surface area contributed by atoms with Crippen LogP contribution in [0.25, 0.3) is 6.08 Å². The van der Waals surface area contributed by atoms with Gasteiger partial charge < -0.3 is 20.0 Å². The minimum Gasteiger partial charge on any atom is -0.465 e. The van der Waals surface area contributed by atoms with Gasteiger partial charge in [-0.3, -0.25) is 9.59 Å². The number of likely N-dealkylation sites (tertiary alicyclic amines) is 1. The van der Waals surface area contributed by atoms with Crippen LogP contribution in [0, 0.1) is 0 Å². The van der Waals surface area contributed by atoms with E-state index in [2.05, 4.69) is 10.6 Å². The molecule has 1 saturated heterocycles. The summed E-state index contributed by atoms with van der Waals surface area (Å²) in [7, 11) is 0. The molecule has 158 valence electrons. The van der Waals surface area contributed by atoms with Crippen LogP contribution in [0.3, 0.4) is 0 Å². The maximum absolute atomic E-state index is 13.2. The van der Waals surface area contributed by atoms with Crippen LogP contribution in [-0.4, -0.2) is 35.8 Å². The molecule has 6 heteroatoms. The van der Waals surface area contributed by atoms with E-state index in [1.165, 1.54) is 6.26 Å². The zero-order chi connectivity index (χ0) is 21.5. The zero-order valence-corrected chi connectivity index (χ0v) is 17.2. The maximum Gasteiger partial charge on any atom is 0.270 e. The molecule has 1 aromatic heterocycles. The Labute approximate surface area is 181 Å². The van der Waals surface area contributed by atoms with Crippen LogP contribution in [0.15, 0.2) is 89.2 Å². The summed E-state index contributed by atoms with van der Waals surface area (Å²) in [5.74, 6) is -0.0245. The monoisotopic (exact) mass is 415 g/mol. The van der Waals surface area contributed by atoms with E-state index >= 15 is 0 Å². The molecule has 2 aromatic carbocycles. The van der Waals surface area contributed by atoms with Crippen molar-refractivity contribution in [2.45, 2.75) is 18.9 Å². The lowest BCUT2D eigenvalue weighted by Crippen LogP contribution is -2.45. The molecule has 31 heavy (non-hydrogen) atoms. The fourth-order valence-corrected chi connectivity index (χ4v) is 3.62. The van der Waals surface area contributed by atoms with E-state index < -0.39 is 0 Å². The Kier molecular flexibility index (Phi) is 6.47. The highest BCUT2D eigenvalue weighted by atomic mass is 16.3. The predicted molar refractivity (Wildman–Crippen MR) is 120 cm³/mol. The second-order valence-corrected chi connectivity index (χ2v) is 7.47. The van der Waals surface area contributed by atoms with E-state index in [-0.39, 0.29) is 17.5 Å². The molecular formula is C25H25N3O3. The summed E-state index contributed by atoms with van der Waals surface area (Å²) in [6.07, 6.45) is 4.79. The molecule has 2 amide bonds. The number of amides is 2. The van der Waals surface area contributed by atoms with Gasteiger partial charge in [-0.15, -0.1) is 0 Å². The summed E-state index contributed by atoms with van der Waals surface area (Å²) >= 11 is 0. The Morgan fingerprint density at radius 2 is 1.58 bits per heavy atom. The van der Waals surface area contributed by atoms with E-state index in [0.29, 0.717) is 30.5 Å². The van der Waals surface area contributed by atoms with Gasteiger partial charge >= 0.3 is 0 Å². The molecule has 0 atom stereocenters. The number of carbonyl (C=O) groups excluding carboxylic acids is 2. The number of piperidine rings is 1. The lowest BCUT2D eigenvalue weighted by Gasteiger charge is -2.33. The molecule has 1 aliphatic heterocycles. The number of rotatable bonds is 6. The summed E-state index contributed by atoms with van der Waals surface area (Å²) in [5.41, 5.74) is 1.78. The Bertz CT molecular complexity index is 1020. The first-order valence-electron chi connectivity index (χ1n) is 10.4. The molecule has 0 radical (unpaired) electrons. The molecule has 0 saturated carbocycles. The standard InChI is InChI=1S/C25H25N3O3/c29-24(19-8-3-1-4-9-19)27-23(18-22-12-7-17-31-22)25(30)28-15-13-21(14-16-28)26-20-10-5-2-6-11-20/h1-12,17-18,21,26H,13-16H2,(H,27,29). The van der Waals surface area contributed by atoms with Crippen molar-refractivity contribution in [1.82, 2.24) is 10.2 Å². The van der Waals surface area contributed by atoms with Crippen LogP contribution in [0.5, 0.6) is 0 Å². The number of furan rings is 1. The second-order valence-electron chi connectivity index (χ2n) is 7.47. The fourth-order valence-electron chi connectivity index (χ4n) is 3.62. The van der Waals surface area contributed by atoms with E-state index in [1.807, 2.05) is 36.4 Å². The van der Waals surface area contributed by atoms with Crippen molar-refractivity contribution < 1.29 is 14.0 Å². The normalized spacial score (nSPS) is 14.8. The third-order valence-corrected chi connectivity index (χ3v) is 5.27. The maximum atomic E-state index is 13.2. The van der Waals surface area contributed by atoms with Gasteiger partial charge in [-0.05, 0) is 49.2 Å². The molecule has 4 rings (SSSR count). The number of anilines is 1. The van der Waals surface area contributed by atoms with Crippen molar-refractivity contribution in [2.75, 3.05) is 18.4 Å². The Morgan fingerprint density at radius 1 is 0.903 bits per heavy atom. The van der Waals surface area contributed by atoms with Crippen LogP contribution in [0.4, 0.5) is 5.69 Å². The van der Waals surface area contributed by atoms with Gasteiger partial charge in [0.2, 0.25) is 0 Å². The quantitative estimate of drug-likeness (QED) is 0.593. The SMILES string of the molecule is O=C(NC(=Cc1ccco1)C(=O)N1CCC(Nc2ccccc2)CC1)c1ccccc1. The van der Waals surface area contributed by atoms with Crippen molar-refractivity contribution in [1.29, 1.82) is 0 Å². The highest BCUT2D eigenvalue weighted by Gasteiger charge is 2.26. The second kappa shape index (κ2) is 9.80. The van der Waals surface area contributed by atoms with E-state index in [9.17, 15) is 9.59 Å². The van der Waals surface area contributed by atoms with Gasteiger partial charge in [0.1, 0.15) is 11.5 Å². The number of nitrogens with zero attached hydrogens (tertiary/aromatic N) is 1. The van der Waals surface area contributed by atoms with Crippen LogP contribution >= 0.6 is 0 Å². The fraction of sp³-hybridized carbons (Fsp3) is 0.200. The zero-order valence-electron chi connectivity index (χ0n) is 17.2. The Balaban J connectivity index is 1.43. The van der Waals surface area contributed by atoms with Crippen molar-refractivity contribution in [3.8, 4) is 0 Å². The molecule has 2 N–H and O–H groups in total. The number of hydrogen-bond donors (Lipinski definition) is 2. The highest BCUT2D eigenvalue weighted by Crippen LogP contribution is 2.18. The molecular weight excluding hydrogens is 390 g/mol. The molecule has 1 fully saturated rings. The van der Waals surface area contributed by atoms with Crippen molar-refractivity contribution in [2.24, 2.45) is 0 Å². The number of nitrogens with one attached hydrogen (secondary N) is 2. The van der Waals surface area contributed by atoms with Crippen LogP contribution in [0.1, 0.15) is 29.0 Å². The topological polar surface area (TPSA) is 74.6 Å². The number of carbonyl (C=O) groups is 2. The summed E-state index contributed by atoms with van der Waals surface area (Å²) in [4.78, 5) is 27.7. The van der Waals surface area contributed by atoms with Crippen molar-refractivity contribution >= 4 is 23.6 Å². The van der Waals surface area contributed by atoms with Gasteiger partial charge in [0, 0.05) is 36.5 Å². The highest BCUT2D eigenvalue weighted by molar-refractivity contribution is 6.05. The van der Waals surface area contributed by atoms with Gasteiger partial charge in [0.05, 0.1) is 6.26 Å². The molecule has 0 aliphatic carbocycles. The summed E-state index contributed by atoms with van der Waals surface area (Å²) in [6.45, 7) is 1.22. The molecule has 3 aromatic rings. The summed E-state index contributed by atoms with van der Waals surface area (Å²) < 4.78 is 5.36. The van der Waals surface area contributed by atoms with Crippen LogP contribution < -0.4 is 10.6 Å². The van der Waals surface area contributed by atoms with Gasteiger partial charge in [-0.25, -0.2) is 0 Å². The molecule has 6 nitrogen and oxygen atoms in total. The number of benzene rings is 2.